The van der Waals surface area contributed by atoms with Crippen LogP contribution >= 0.6 is 0 Å². The van der Waals surface area contributed by atoms with Crippen molar-refractivity contribution in [3.05, 3.63) is 23.9 Å². The monoisotopic (exact) mass is 334 g/mol. The van der Waals surface area contributed by atoms with Gasteiger partial charge in [-0.2, -0.15) is 0 Å². The summed E-state index contributed by atoms with van der Waals surface area (Å²) in [6, 6.07) is 3.70. The molecule has 0 spiro atoms. The van der Waals surface area contributed by atoms with Crippen molar-refractivity contribution in [3.8, 4) is 0 Å². The quantitative estimate of drug-likeness (QED) is 0.664. The van der Waals surface area contributed by atoms with Crippen LogP contribution in [0, 0.1) is 0 Å². The van der Waals surface area contributed by atoms with E-state index in [9.17, 15) is 9.59 Å². The zero-order valence-corrected chi connectivity index (χ0v) is 14.0. The van der Waals surface area contributed by atoms with Gasteiger partial charge in [0.1, 0.15) is 5.82 Å². The lowest BCUT2D eigenvalue weighted by atomic mass is 10.2. The second-order valence-corrected chi connectivity index (χ2v) is 6.03. The molecule has 2 heterocycles. The molecular weight excluding hydrogens is 308 g/mol. The first kappa shape index (κ1) is 18.0. The van der Waals surface area contributed by atoms with Gasteiger partial charge in [0.05, 0.1) is 0 Å². The van der Waals surface area contributed by atoms with Crippen LogP contribution in [0.5, 0.6) is 0 Å². The third-order valence-corrected chi connectivity index (χ3v) is 4.05. The van der Waals surface area contributed by atoms with Gasteiger partial charge in [-0.3, -0.25) is 4.79 Å². The molecule has 0 aromatic carbocycles. The van der Waals surface area contributed by atoms with E-state index in [1.54, 1.807) is 6.20 Å². The summed E-state index contributed by atoms with van der Waals surface area (Å²) in [5.41, 5.74) is 0.939. The molecule has 1 fully saturated rings. The molecule has 7 heteroatoms. The van der Waals surface area contributed by atoms with E-state index in [-0.39, 0.29) is 12.5 Å². The van der Waals surface area contributed by atoms with Crippen LogP contribution in [0.25, 0.3) is 0 Å². The summed E-state index contributed by atoms with van der Waals surface area (Å²) in [7, 11) is 0. The number of amides is 2. The van der Waals surface area contributed by atoms with Gasteiger partial charge < -0.3 is 20.6 Å². The number of nitrogens with one attached hydrogen (secondary N) is 2. The molecule has 1 aromatic heterocycles. The maximum absolute atomic E-state index is 11.6. The predicted octanol–water partition coefficient (Wildman–Crippen LogP) is 2.13. The van der Waals surface area contributed by atoms with Crippen LogP contribution in [0.1, 0.15) is 44.1 Å². The number of hydrogen-bond acceptors (Lipinski definition) is 4. The highest BCUT2D eigenvalue weighted by Crippen LogP contribution is 2.17. The number of hydrogen-bond donors (Lipinski definition) is 3. The topological polar surface area (TPSA) is 94.6 Å². The van der Waals surface area contributed by atoms with Crippen molar-refractivity contribution in [1.82, 2.24) is 15.6 Å². The van der Waals surface area contributed by atoms with Crippen molar-refractivity contribution in [3.63, 3.8) is 0 Å². The summed E-state index contributed by atoms with van der Waals surface area (Å²) in [6.45, 7) is 2.87. The van der Waals surface area contributed by atoms with E-state index in [1.165, 1.54) is 25.7 Å². The van der Waals surface area contributed by atoms with Gasteiger partial charge >= 0.3 is 12.0 Å². The van der Waals surface area contributed by atoms with Gasteiger partial charge in [0, 0.05) is 38.8 Å². The van der Waals surface area contributed by atoms with Gasteiger partial charge in [-0.15, -0.1) is 0 Å². The standard InChI is InChI=1S/C17H26N4O3/c22-16(23)6-5-9-18-17(24)20-13-14-7-8-15(19-12-14)21-10-3-1-2-4-11-21/h7-8,12H,1-6,9-11,13H2,(H,22,23)(H2,18,20,24). The maximum atomic E-state index is 11.6. The summed E-state index contributed by atoms with van der Waals surface area (Å²) >= 11 is 0. The van der Waals surface area contributed by atoms with Gasteiger partial charge in [-0.1, -0.05) is 18.9 Å². The minimum Gasteiger partial charge on any atom is -0.481 e. The molecule has 1 aliphatic rings. The number of carboxylic acids is 1. The van der Waals surface area contributed by atoms with Gasteiger partial charge in [0.2, 0.25) is 0 Å². The van der Waals surface area contributed by atoms with E-state index in [4.69, 9.17) is 5.11 Å². The Kier molecular flexibility index (Phi) is 7.32. The zero-order chi connectivity index (χ0) is 17.2. The number of carbonyl (C=O) groups excluding carboxylic acids is 1. The normalized spacial score (nSPS) is 14.8. The number of nitrogens with zero attached hydrogens (tertiary/aromatic N) is 2. The van der Waals surface area contributed by atoms with Crippen molar-refractivity contribution < 1.29 is 14.7 Å². The summed E-state index contributed by atoms with van der Waals surface area (Å²) < 4.78 is 0. The van der Waals surface area contributed by atoms with Crippen molar-refractivity contribution in [2.75, 3.05) is 24.5 Å². The largest absolute Gasteiger partial charge is 0.481 e. The molecule has 132 valence electrons. The molecular formula is C17H26N4O3. The van der Waals surface area contributed by atoms with E-state index in [0.29, 0.717) is 19.5 Å². The molecule has 2 amide bonds. The zero-order valence-electron chi connectivity index (χ0n) is 14.0. The van der Waals surface area contributed by atoms with Gasteiger partial charge in [0.25, 0.3) is 0 Å². The molecule has 0 aliphatic carbocycles. The Hall–Kier alpha value is -2.31. The van der Waals surface area contributed by atoms with Crippen LogP contribution < -0.4 is 15.5 Å². The first-order valence-corrected chi connectivity index (χ1v) is 8.58. The fraction of sp³-hybridized carbons (Fsp3) is 0.588. The number of aliphatic carboxylic acids is 1. The highest BCUT2D eigenvalue weighted by molar-refractivity contribution is 5.73. The second kappa shape index (κ2) is 9.75. The highest BCUT2D eigenvalue weighted by atomic mass is 16.4. The van der Waals surface area contributed by atoms with Crippen LogP contribution in [0.2, 0.25) is 0 Å². The summed E-state index contributed by atoms with van der Waals surface area (Å²) in [6.07, 6.45) is 7.29. The molecule has 2 rings (SSSR count). The first-order valence-electron chi connectivity index (χ1n) is 8.58. The van der Waals surface area contributed by atoms with Gasteiger partial charge in [-0.25, -0.2) is 9.78 Å². The number of urea groups is 1. The molecule has 0 bridgehead atoms. The van der Waals surface area contributed by atoms with Crippen LogP contribution in [-0.2, 0) is 11.3 Å². The molecule has 1 saturated heterocycles. The number of carboxylic acid groups (broad SMARTS) is 1. The predicted molar refractivity (Wildman–Crippen MR) is 92.0 cm³/mol. The first-order chi connectivity index (χ1) is 11.6. The number of aromatic nitrogens is 1. The highest BCUT2D eigenvalue weighted by Gasteiger charge is 2.10. The fourth-order valence-corrected chi connectivity index (χ4v) is 2.69. The lowest BCUT2D eigenvalue weighted by molar-refractivity contribution is -0.137. The minimum absolute atomic E-state index is 0.0577. The Morgan fingerprint density at radius 1 is 1.12 bits per heavy atom. The minimum atomic E-state index is -0.854. The Morgan fingerprint density at radius 2 is 1.88 bits per heavy atom. The molecule has 24 heavy (non-hydrogen) atoms. The molecule has 0 radical (unpaired) electrons. The van der Waals surface area contributed by atoms with Crippen LogP contribution in [-0.4, -0.2) is 41.7 Å². The maximum Gasteiger partial charge on any atom is 0.315 e. The summed E-state index contributed by atoms with van der Waals surface area (Å²) in [5, 5.41) is 13.9. The lowest BCUT2D eigenvalue weighted by Crippen LogP contribution is -2.35. The SMILES string of the molecule is O=C(O)CCCNC(=O)NCc1ccc(N2CCCCCC2)nc1. The van der Waals surface area contributed by atoms with Crippen LogP contribution in [0.3, 0.4) is 0 Å². The van der Waals surface area contributed by atoms with Crippen LogP contribution in [0.15, 0.2) is 18.3 Å². The van der Waals surface area contributed by atoms with Crippen molar-refractivity contribution >= 4 is 17.8 Å². The molecule has 1 aliphatic heterocycles. The molecule has 3 N–H and O–H groups in total. The molecule has 0 atom stereocenters. The van der Waals surface area contributed by atoms with E-state index < -0.39 is 5.97 Å². The van der Waals surface area contributed by atoms with Crippen molar-refractivity contribution in [2.24, 2.45) is 0 Å². The number of anilines is 1. The second-order valence-electron chi connectivity index (χ2n) is 6.03. The van der Waals surface area contributed by atoms with Crippen molar-refractivity contribution in [2.45, 2.75) is 45.1 Å². The third-order valence-electron chi connectivity index (χ3n) is 4.05. The van der Waals surface area contributed by atoms with Crippen LogP contribution in [0.4, 0.5) is 10.6 Å². The van der Waals surface area contributed by atoms with Crippen molar-refractivity contribution in [1.29, 1.82) is 0 Å². The molecule has 1 aromatic rings. The molecule has 0 saturated carbocycles. The van der Waals surface area contributed by atoms with Gasteiger partial charge in [-0.05, 0) is 30.9 Å². The van der Waals surface area contributed by atoms with E-state index in [1.807, 2.05) is 12.1 Å². The summed E-state index contributed by atoms with van der Waals surface area (Å²) in [5.74, 6) is 0.145. The molecule has 0 unspecified atom stereocenters. The fourth-order valence-electron chi connectivity index (χ4n) is 2.69. The number of pyridine rings is 1. The number of rotatable bonds is 7. The number of carbonyl (C=O) groups is 2. The van der Waals surface area contributed by atoms with E-state index >= 15 is 0 Å². The third kappa shape index (κ3) is 6.44. The Balaban J connectivity index is 1.71. The molecule has 7 nitrogen and oxygen atoms in total. The lowest BCUT2D eigenvalue weighted by Gasteiger charge is -2.21. The average Bonchev–Trinajstić information content (AvgIpc) is 2.86. The van der Waals surface area contributed by atoms with E-state index in [2.05, 4.69) is 20.5 Å². The Labute approximate surface area is 142 Å². The average molecular weight is 334 g/mol. The smallest absolute Gasteiger partial charge is 0.315 e. The van der Waals surface area contributed by atoms with E-state index in [0.717, 1.165) is 24.5 Å². The Morgan fingerprint density at radius 3 is 2.50 bits per heavy atom. The summed E-state index contributed by atoms with van der Waals surface area (Å²) in [4.78, 5) is 28.8. The van der Waals surface area contributed by atoms with Gasteiger partial charge in [0.15, 0.2) is 0 Å². The Bertz CT molecular complexity index is 525.